The predicted octanol–water partition coefficient (Wildman–Crippen LogP) is 3.47. The lowest BCUT2D eigenvalue weighted by Crippen LogP contribution is -2.64. The summed E-state index contributed by atoms with van der Waals surface area (Å²) in [5.74, 6) is 1.87. The molecule has 0 spiro atoms. The second-order valence-corrected chi connectivity index (χ2v) is 11.6. The molecule has 0 bridgehead atoms. The third kappa shape index (κ3) is 13.9. The summed E-state index contributed by atoms with van der Waals surface area (Å²) in [5.41, 5.74) is -1.64. The van der Waals surface area contributed by atoms with Crippen LogP contribution in [0.5, 0.6) is 0 Å². The summed E-state index contributed by atoms with van der Waals surface area (Å²) in [7, 11) is 1.59. The summed E-state index contributed by atoms with van der Waals surface area (Å²) in [5, 5.41) is 3.14. The normalized spacial score (nSPS) is 20.6. The van der Waals surface area contributed by atoms with Gasteiger partial charge in [0.1, 0.15) is 12.2 Å². The standard InChI is InChI=1S/C32H54N2O10/c1-9-12-25-23-27(43-24-35)34(30(37)44-31(4,5)6)28(25)29(32(7,38-8)14-10-2)33-26(36)13-16-40-18-20-42-22-21-41-19-17-39-15-11-3/h3,9,12,24-25,27-29H,10,13-23H2,1-2,4-8H3,(H,33,36)/b12-9-/t25-,27+,28-,29-,32+/m1/s1. The van der Waals surface area contributed by atoms with Crippen LogP contribution in [0, 0.1) is 18.3 Å². The zero-order valence-electron chi connectivity index (χ0n) is 27.6. The molecule has 0 aromatic carbocycles. The number of amides is 2. The fraction of sp³-hybridized carbons (Fsp3) is 0.781. The van der Waals surface area contributed by atoms with Gasteiger partial charge in [0.25, 0.3) is 6.47 Å². The maximum Gasteiger partial charge on any atom is 0.413 e. The molecule has 1 aliphatic rings. The van der Waals surface area contributed by atoms with Crippen molar-refractivity contribution >= 4 is 18.5 Å². The number of likely N-dealkylation sites (tertiary alicyclic amines) is 1. The lowest BCUT2D eigenvalue weighted by Gasteiger charge is -2.44. The lowest BCUT2D eigenvalue weighted by molar-refractivity contribution is -0.143. The Kier molecular flexibility index (Phi) is 18.9. The second-order valence-electron chi connectivity index (χ2n) is 11.6. The Labute approximate surface area is 263 Å². The fourth-order valence-electron chi connectivity index (χ4n) is 5.15. The molecule has 0 unspecified atom stereocenters. The van der Waals surface area contributed by atoms with Crippen LogP contribution in [-0.4, -0.2) is 113 Å². The highest BCUT2D eigenvalue weighted by Gasteiger charge is 2.54. The largest absolute Gasteiger partial charge is 0.444 e. The summed E-state index contributed by atoms with van der Waals surface area (Å²) >= 11 is 0. The van der Waals surface area contributed by atoms with Gasteiger partial charge in [-0.3, -0.25) is 14.5 Å². The van der Waals surface area contributed by atoms with Gasteiger partial charge in [0.05, 0.1) is 63.9 Å². The van der Waals surface area contributed by atoms with Crippen molar-refractivity contribution in [1.82, 2.24) is 10.2 Å². The number of ether oxygens (including phenoxy) is 7. The minimum absolute atomic E-state index is 0.0882. The molecule has 12 nitrogen and oxygen atoms in total. The number of methoxy groups -OCH3 is 1. The zero-order valence-corrected chi connectivity index (χ0v) is 27.6. The first-order valence-electron chi connectivity index (χ1n) is 15.3. The minimum atomic E-state index is -0.869. The number of hydrogen-bond acceptors (Lipinski definition) is 10. The fourth-order valence-corrected chi connectivity index (χ4v) is 5.15. The van der Waals surface area contributed by atoms with Gasteiger partial charge in [-0.25, -0.2) is 4.79 Å². The number of terminal acetylenes is 1. The monoisotopic (exact) mass is 626 g/mol. The van der Waals surface area contributed by atoms with Crippen molar-refractivity contribution in [3.05, 3.63) is 12.2 Å². The minimum Gasteiger partial charge on any atom is -0.444 e. The molecule has 1 fully saturated rings. The van der Waals surface area contributed by atoms with E-state index in [9.17, 15) is 14.4 Å². The van der Waals surface area contributed by atoms with Crippen LogP contribution < -0.4 is 5.32 Å². The number of nitrogens with zero attached hydrogens (tertiary/aromatic N) is 1. The molecule has 0 aliphatic carbocycles. The van der Waals surface area contributed by atoms with E-state index in [0.717, 1.165) is 6.42 Å². The Morgan fingerprint density at radius 2 is 1.61 bits per heavy atom. The average Bonchev–Trinajstić information content (AvgIpc) is 3.31. The Balaban J connectivity index is 2.91. The van der Waals surface area contributed by atoms with Gasteiger partial charge < -0.3 is 38.5 Å². The molecular formula is C32H54N2O10. The molecule has 12 heteroatoms. The maximum absolute atomic E-state index is 13.6. The van der Waals surface area contributed by atoms with Crippen LogP contribution in [0.1, 0.15) is 67.2 Å². The van der Waals surface area contributed by atoms with Crippen molar-refractivity contribution in [2.24, 2.45) is 5.92 Å². The SMILES string of the molecule is C#CCOCCOCCOCCOCCC(=O)N[C@H]([C@H]1[C@H](/C=C\C)C[C@H](OC=O)N1C(=O)OC(C)(C)C)[C@](C)(CCC)OC. The molecule has 1 saturated heterocycles. The molecule has 1 heterocycles. The summed E-state index contributed by atoms with van der Waals surface area (Å²) in [6.07, 6.45) is 9.25. The maximum atomic E-state index is 13.6. The van der Waals surface area contributed by atoms with Gasteiger partial charge in [-0.05, 0) is 41.0 Å². The molecule has 0 radical (unpaired) electrons. The van der Waals surface area contributed by atoms with E-state index >= 15 is 0 Å². The van der Waals surface area contributed by atoms with Crippen LogP contribution >= 0.6 is 0 Å². The summed E-state index contributed by atoms with van der Waals surface area (Å²) in [4.78, 5) is 39.7. The van der Waals surface area contributed by atoms with E-state index < -0.39 is 35.6 Å². The van der Waals surface area contributed by atoms with Crippen LogP contribution in [0.15, 0.2) is 12.2 Å². The number of rotatable bonds is 22. The van der Waals surface area contributed by atoms with Crippen molar-refractivity contribution < 1.29 is 47.5 Å². The Morgan fingerprint density at radius 1 is 1.02 bits per heavy atom. The molecular weight excluding hydrogens is 572 g/mol. The molecule has 5 atom stereocenters. The topological polar surface area (TPSA) is 131 Å². The number of hydrogen-bond donors (Lipinski definition) is 1. The van der Waals surface area contributed by atoms with Gasteiger partial charge in [0.15, 0.2) is 6.23 Å². The van der Waals surface area contributed by atoms with Gasteiger partial charge in [-0.2, -0.15) is 0 Å². The third-order valence-corrected chi connectivity index (χ3v) is 7.10. The summed E-state index contributed by atoms with van der Waals surface area (Å²) in [6.45, 7) is 14.3. The number of nitrogens with one attached hydrogen (secondary N) is 1. The van der Waals surface area contributed by atoms with E-state index in [1.54, 1.807) is 27.9 Å². The van der Waals surface area contributed by atoms with E-state index in [-0.39, 0.29) is 31.5 Å². The van der Waals surface area contributed by atoms with E-state index in [4.69, 9.17) is 39.6 Å². The van der Waals surface area contributed by atoms with E-state index in [1.807, 2.05) is 32.9 Å². The van der Waals surface area contributed by atoms with Crippen LogP contribution in [0.25, 0.3) is 0 Å². The Morgan fingerprint density at radius 3 is 2.11 bits per heavy atom. The van der Waals surface area contributed by atoms with Crippen LogP contribution in [0.3, 0.4) is 0 Å². The third-order valence-electron chi connectivity index (χ3n) is 7.10. The first-order chi connectivity index (χ1) is 21.0. The molecule has 2 amide bonds. The van der Waals surface area contributed by atoms with Crippen molar-refractivity contribution in [2.45, 2.75) is 96.7 Å². The summed E-state index contributed by atoms with van der Waals surface area (Å²) in [6, 6.07) is -1.28. The lowest BCUT2D eigenvalue weighted by atomic mass is 9.80. The van der Waals surface area contributed by atoms with Crippen molar-refractivity contribution in [2.75, 3.05) is 60.0 Å². The summed E-state index contributed by atoms with van der Waals surface area (Å²) < 4.78 is 38.7. The average molecular weight is 627 g/mol. The Bertz CT molecular complexity index is 916. The van der Waals surface area contributed by atoms with Gasteiger partial charge in [-0.15, -0.1) is 6.42 Å². The quantitative estimate of drug-likeness (QED) is 0.0825. The van der Waals surface area contributed by atoms with Crippen LogP contribution in [0.2, 0.25) is 0 Å². The highest BCUT2D eigenvalue weighted by molar-refractivity contribution is 5.77. The number of allylic oxidation sites excluding steroid dienone is 1. The first kappa shape index (κ1) is 39.3. The zero-order chi connectivity index (χ0) is 33.0. The predicted molar refractivity (Wildman–Crippen MR) is 165 cm³/mol. The first-order valence-corrected chi connectivity index (χ1v) is 15.3. The van der Waals surface area contributed by atoms with Crippen molar-refractivity contribution in [1.29, 1.82) is 0 Å². The molecule has 0 aromatic rings. The second kappa shape index (κ2) is 21.1. The Hall–Kier alpha value is -2.69. The van der Waals surface area contributed by atoms with Crippen LogP contribution in [0.4, 0.5) is 4.79 Å². The molecule has 1 rings (SSSR count). The van der Waals surface area contributed by atoms with E-state index in [2.05, 4.69) is 11.2 Å². The number of carbonyl (C=O) groups excluding carboxylic acids is 3. The number of carbonyl (C=O) groups is 3. The molecule has 1 N–H and O–H groups in total. The molecule has 44 heavy (non-hydrogen) atoms. The molecule has 0 saturated carbocycles. The van der Waals surface area contributed by atoms with Gasteiger partial charge in [0.2, 0.25) is 5.91 Å². The molecule has 1 aliphatic heterocycles. The van der Waals surface area contributed by atoms with Gasteiger partial charge >= 0.3 is 6.09 Å². The van der Waals surface area contributed by atoms with E-state index in [1.165, 1.54) is 4.90 Å². The molecule has 0 aromatic heterocycles. The van der Waals surface area contributed by atoms with Crippen molar-refractivity contribution in [3.8, 4) is 12.3 Å². The van der Waals surface area contributed by atoms with Gasteiger partial charge in [-0.1, -0.05) is 31.4 Å². The smallest absolute Gasteiger partial charge is 0.413 e. The molecule has 252 valence electrons. The highest BCUT2D eigenvalue weighted by Crippen LogP contribution is 2.39. The van der Waals surface area contributed by atoms with E-state index in [0.29, 0.717) is 59.0 Å². The van der Waals surface area contributed by atoms with Gasteiger partial charge in [0, 0.05) is 25.9 Å². The van der Waals surface area contributed by atoms with Crippen LogP contribution in [-0.2, 0) is 42.7 Å². The van der Waals surface area contributed by atoms with Crippen molar-refractivity contribution in [3.63, 3.8) is 0 Å². The highest BCUT2D eigenvalue weighted by atomic mass is 16.6.